The van der Waals surface area contributed by atoms with Gasteiger partial charge in [0, 0.05) is 12.8 Å². The summed E-state index contributed by atoms with van der Waals surface area (Å²) >= 11 is 0. The number of amides is 1. The van der Waals surface area contributed by atoms with E-state index in [9.17, 15) is 19.5 Å². The first-order chi connectivity index (χ1) is 21.4. The summed E-state index contributed by atoms with van der Waals surface area (Å²) in [7, 11) is 0. The number of carboxylic acid groups (broad SMARTS) is 1. The van der Waals surface area contributed by atoms with Gasteiger partial charge in [-0.1, -0.05) is 102 Å². The number of ether oxygens (including phenoxy) is 1. The summed E-state index contributed by atoms with van der Waals surface area (Å²) < 4.78 is 5.87. The predicted molar refractivity (Wildman–Crippen MR) is 184 cm³/mol. The van der Waals surface area contributed by atoms with E-state index >= 15 is 0 Å². The van der Waals surface area contributed by atoms with Gasteiger partial charge in [-0.2, -0.15) is 0 Å². The van der Waals surface area contributed by atoms with E-state index in [1.54, 1.807) is 0 Å². The van der Waals surface area contributed by atoms with Crippen molar-refractivity contribution in [2.75, 3.05) is 6.54 Å². The van der Waals surface area contributed by atoms with E-state index in [1.165, 1.54) is 64.2 Å². The molecule has 4 N–H and O–H groups in total. The molecule has 0 spiro atoms. The molecule has 1 amide bonds. The van der Waals surface area contributed by atoms with Crippen LogP contribution in [0.3, 0.4) is 0 Å². The van der Waals surface area contributed by atoms with Crippen molar-refractivity contribution in [1.29, 1.82) is 0 Å². The summed E-state index contributed by atoms with van der Waals surface area (Å²) in [5, 5.41) is 11.9. The van der Waals surface area contributed by atoms with Crippen molar-refractivity contribution in [2.24, 2.45) is 5.73 Å². The Hall–Kier alpha value is -2.15. The third kappa shape index (κ3) is 28.6. The number of carboxylic acids is 1. The number of aliphatic carboxylic acids is 1. The van der Waals surface area contributed by atoms with Crippen molar-refractivity contribution in [2.45, 2.75) is 187 Å². The highest BCUT2D eigenvalue weighted by molar-refractivity contribution is 5.83. The van der Waals surface area contributed by atoms with Crippen LogP contribution in [0.2, 0.25) is 0 Å². The van der Waals surface area contributed by atoms with Crippen LogP contribution in [-0.2, 0) is 19.1 Å². The highest BCUT2D eigenvalue weighted by Crippen LogP contribution is 2.17. The molecule has 0 bridgehead atoms. The molecular weight excluding hydrogens is 552 g/mol. The van der Waals surface area contributed by atoms with E-state index in [0.29, 0.717) is 38.6 Å². The van der Waals surface area contributed by atoms with Crippen molar-refractivity contribution in [3.63, 3.8) is 0 Å². The molecule has 44 heavy (non-hydrogen) atoms. The molecule has 0 aromatic rings. The van der Waals surface area contributed by atoms with E-state index in [0.717, 1.165) is 64.2 Å². The topological polar surface area (TPSA) is 119 Å². The van der Waals surface area contributed by atoms with E-state index in [1.807, 2.05) is 0 Å². The van der Waals surface area contributed by atoms with Gasteiger partial charge in [-0.05, 0) is 90.0 Å². The zero-order valence-corrected chi connectivity index (χ0v) is 28.5. The highest BCUT2D eigenvalue weighted by atomic mass is 16.5. The van der Waals surface area contributed by atoms with Gasteiger partial charge in [-0.15, -0.1) is 0 Å². The lowest BCUT2D eigenvalue weighted by Gasteiger charge is -2.18. The van der Waals surface area contributed by atoms with Crippen LogP contribution < -0.4 is 11.1 Å². The molecule has 0 aromatic carbocycles. The second-order valence-corrected chi connectivity index (χ2v) is 12.3. The second-order valence-electron chi connectivity index (χ2n) is 12.3. The molecule has 0 fully saturated rings. The van der Waals surface area contributed by atoms with Crippen LogP contribution in [0, 0.1) is 0 Å². The number of hydrogen-bond donors (Lipinski definition) is 3. The maximum atomic E-state index is 12.5. The molecule has 0 heterocycles. The molecule has 7 nitrogen and oxygen atoms in total. The largest absolute Gasteiger partial charge is 0.480 e. The van der Waals surface area contributed by atoms with Crippen LogP contribution in [0.15, 0.2) is 24.3 Å². The molecule has 0 saturated carbocycles. The van der Waals surface area contributed by atoms with Crippen LogP contribution in [0.5, 0.6) is 0 Å². The molecule has 0 aliphatic carbocycles. The summed E-state index contributed by atoms with van der Waals surface area (Å²) in [6.07, 6.45) is 33.9. The average molecular weight is 621 g/mol. The van der Waals surface area contributed by atoms with Gasteiger partial charge in [0.1, 0.15) is 12.1 Å². The maximum absolute atomic E-state index is 12.5. The Labute approximate surface area is 270 Å². The lowest BCUT2D eigenvalue weighted by atomic mass is 10.0. The first-order valence-corrected chi connectivity index (χ1v) is 18.2. The van der Waals surface area contributed by atoms with Gasteiger partial charge in [-0.25, -0.2) is 4.79 Å². The Morgan fingerprint density at radius 2 is 1.18 bits per heavy atom. The molecule has 7 heteroatoms. The van der Waals surface area contributed by atoms with E-state index in [-0.39, 0.29) is 18.0 Å². The minimum Gasteiger partial charge on any atom is -0.480 e. The number of carbonyl (C=O) groups excluding carboxylic acids is 2. The number of hydrogen-bond acceptors (Lipinski definition) is 5. The SMILES string of the molecule is CCCCC/C=C\C/C=C\CCCCCCCCCC(=O)OC(CCCCC)CCCCCC(=O)NC(CCCN)C(=O)O. The first kappa shape index (κ1) is 41.9. The Morgan fingerprint density at radius 1 is 0.659 bits per heavy atom. The summed E-state index contributed by atoms with van der Waals surface area (Å²) in [6, 6.07) is -0.872. The van der Waals surface area contributed by atoms with Crippen LogP contribution >= 0.6 is 0 Å². The quantitative estimate of drug-likeness (QED) is 0.0392. The number of carbonyl (C=O) groups is 3. The predicted octanol–water partition coefficient (Wildman–Crippen LogP) is 9.33. The van der Waals surface area contributed by atoms with Gasteiger partial charge in [0.25, 0.3) is 0 Å². The van der Waals surface area contributed by atoms with E-state index < -0.39 is 12.0 Å². The number of allylic oxidation sites excluding steroid dienone is 4. The average Bonchev–Trinajstić information content (AvgIpc) is 3.00. The number of nitrogens with one attached hydrogen (secondary N) is 1. The first-order valence-electron chi connectivity index (χ1n) is 18.2. The number of esters is 1. The summed E-state index contributed by atoms with van der Waals surface area (Å²) in [5.74, 6) is -1.33. The molecule has 0 radical (unpaired) electrons. The monoisotopic (exact) mass is 621 g/mol. The molecule has 0 saturated heterocycles. The fourth-order valence-corrected chi connectivity index (χ4v) is 5.24. The van der Waals surface area contributed by atoms with Crippen molar-refractivity contribution < 1.29 is 24.2 Å². The third-order valence-corrected chi connectivity index (χ3v) is 8.02. The fourth-order valence-electron chi connectivity index (χ4n) is 5.24. The molecule has 0 rings (SSSR count). The lowest BCUT2D eigenvalue weighted by Crippen LogP contribution is -2.40. The van der Waals surface area contributed by atoms with Crippen LogP contribution in [0.4, 0.5) is 0 Å². The summed E-state index contributed by atoms with van der Waals surface area (Å²) in [4.78, 5) is 36.0. The number of nitrogens with two attached hydrogens (primary N) is 1. The van der Waals surface area contributed by atoms with Crippen LogP contribution in [0.25, 0.3) is 0 Å². The standard InChI is InChI=1S/C37H68N2O5/c1-3-5-7-8-9-10-11-12-13-14-15-16-17-18-19-20-25-31-36(41)44-33(27-22-6-4-2)28-23-21-24-30-35(40)39-34(37(42)43)29-26-32-38/h9-10,12-13,33-34H,3-8,11,14-32,38H2,1-2H3,(H,39,40)(H,42,43)/b10-9-,13-12-. The molecule has 0 aliphatic rings. The highest BCUT2D eigenvalue weighted by Gasteiger charge is 2.19. The van der Waals surface area contributed by atoms with Gasteiger partial charge >= 0.3 is 11.9 Å². The van der Waals surface area contributed by atoms with Gasteiger partial charge in [0.2, 0.25) is 5.91 Å². The zero-order valence-electron chi connectivity index (χ0n) is 28.5. The second kappa shape index (κ2) is 32.2. The molecule has 256 valence electrons. The Bertz CT molecular complexity index is 752. The number of rotatable bonds is 32. The molecular formula is C37H68N2O5. The minimum absolute atomic E-state index is 0.0496. The summed E-state index contributed by atoms with van der Waals surface area (Å²) in [6.45, 7) is 4.82. The van der Waals surface area contributed by atoms with Crippen molar-refractivity contribution in [3.05, 3.63) is 24.3 Å². The van der Waals surface area contributed by atoms with E-state index in [4.69, 9.17) is 10.5 Å². The van der Waals surface area contributed by atoms with Crippen LogP contribution in [0.1, 0.15) is 174 Å². The molecule has 2 unspecified atom stereocenters. The van der Waals surface area contributed by atoms with Crippen molar-refractivity contribution in [1.82, 2.24) is 5.32 Å². The fraction of sp³-hybridized carbons (Fsp3) is 0.811. The maximum Gasteiger partial charge on any atom is 0.326 e. The van der Waals surface area contributed by atoms with E-state index in [2.05, 4.69) is 43.5 Å². The number of unbranched alkanes of at least 4 members (excludes halogenated alkanes) is 14. The Morgan fingerprint density at radius 3 is 1.80 bits per heavy atom. The Kier molecular flexibility index (Phi) is 30.7. The molecule has 0 aromatic heterocycles. The molecule has 2 atom stereocenters. The normalized spacial score (nSPS) is 13.0. The van der Waals surface area contributed by atoms with Crippen molar-refractivity contribution in [3.8, 4) is 0 Å². The van der Waals surface area contributed by atoms with Crippen LogP contribution in [-0.4, -0.2) is 41.6 Å². The van der Waals surface area contributed by atoms with Gasteiger partial charge in [-0.3, -0.25) is 9.59 Å². The third-order valence-electron chi connectivity index (χ3n) is 8.02. The van der Waals surface area contributed by atoms with Gasteiger partial charge in [0.15, 0.2) is 0 Å². The van der Waals surface area contributed by atoms with Gasteiger partial charge < -0.3 is 20.9 Å². The lowest BCUT2D eigenvalue weighted by molar-refractivity contribution is -0.150. The van der Waals surface area contributed by atoms with Gasteiger partial charge in [0.05, 0.1) is 0 Å². The summed E-state index contributed by atoms with van der Waals surface area (Å²) in [5.41, 5.74) is 5.45. The molecule has 0 aliphatic heterocycles. The Balaban J connectivity index is 3.98. The van der Waals surface area contributed by atoms with Crippen molar-refractivity contribution >= 4 is 17.8 Å². The zero-order chi connectivity index (χ0) is 32.5. The minimum atomic E-state index is -1.02. The smallest absolute Gasteiger partial charge is 0.326 e.